The fourth-order valence-corrected chi connectivity index (χ4v) is 4.02. The second kappa shape index (κ2) is 10.2. The van der Waals surface area contributed by atoms with Crippen molar-refractivity contribution >= 4 is 24.2 Å². The van der Waals surface area contributed by atoms with E-state index in [-0.39, 0.29) is 30.1 Å². The average molecular weight is 426 g/mol. The summed E-state index contributed by atoms with van der Waals surface area (Å²) in [7, 11) is 3.08. The summed E-state index contributed by atoms with van der Waals surface area (Å²) in [5.74, 6) is 0.738. The molecule has 0 saturated carbocycles. The van der Waals surface area contributed by atoms with Crippen molar-refractivity contribution in [2.24, 2.45) is 5.92 Å². The molecule has 8 heteroatoms. The number of carbonyl (C=O) groups excluding carboxylic acids is 2. The number of likely N-dealkylation sites (tertiary alicyclic amines) is 1. The van der Waals surface area contributed by atoms with Crippen LogP contribution in [0.5, 0.6) is 11.5 Å². The van der Waals surface area contributed by atoms with Crippen LogP contribution in [0.3, 0.4) is 0 Å². The van der Waals surface area contributed by atoms with Gasteiger partial charge in [-0.25, -0.2) is 0 Å². The molecule has 2 fully saturated rings. The molecule has 0 aromatic heterocycles. The molecule has 2 N–H and O–H groups in total. The Morgan fingerprint density at radius 2 is 1.69 bits per heavy atom. The van der Waals surface area contributed by atoms with Crippen molar-refractivity contribution in [1.82, 2.24) is 15.5 Å². The molecular formula is C21H32ClN3O4. The molecule has 2 amide bonds. The van der Waals surface area contributed by atoms with E-state index in [9.17, 15) is 9.59 Å². The average Bonchev–Trinajstić information content (AvgIpc) is 3.03. The second-order valence-corrected chi connectivity index (χ2v) is 8.01. The number of fused-ring (bicyclic) bond motifs is 2. The quantitative estimate of drug-likeness (QED) is 0.730. The number of ether oxygens (including phenoxy) is 2. The van der Waals surface area contributed by atoms with Crippen molar-refractivity contribution in [2.45, 2.75) is 51.2 Å². The van der Waals surface area contributed by atoms with E-state index in [1.165, 1.54) is 20.6 Å². The Morgan fingerprint density at radius 1 is 1.07 bits per heavy atom. The van der Waals surface area contributed by atoms with Crippen molar-refractivity contribution in [3.63, 3.8) is 0 Å². The fourth-order valence-electron chi connectivity index (χ4n) is 4.02. The summed E-state index contributed by atoms with van der Waals surface area (Å²) < 4.78 is 10.5. The van der Waals surface area contributed by atoms with Gasteiger partial charge in [0.05, 0.1) is 14.2 Å². The van der Waals surface area contributed by atoms with E-state index in [1.807, 2.05) is 18.7 Å². The predicted octanol–water partition coefficient (Wildman–Crippen LogP) is 2.23. The van der Waals surface area contributed by atoms with Gasteiger partial charge >= 0.3 is 0 Å². The number of hydrogen-bond acceptors (Lipinski definition) is 5. The highest BCUT2D eigenvalue weighted by molar-refractivity contribution is 5.98. The molecule has 0 radical (unpaired) electrons. The van der Waals surface area contributed by atoms with Crippen LogP contribution in [0, 0.1) is 5.92 Å². The maximum Gasteiger partial charge on any atom is 0.252 e. The fraction of sp³-hybridized carbons (Fsp3) is 0.619. The Balaban J connectivity index is 0.00000300. The first-order valence-corrected chi connectivity index (χ1v) is 10.00. The van der Waals surface area contributed by atoms with Gasteiger partial charge in [0.15, 0.2) is 0 Å². The Labute approximate surface area is 178 Å². The number of halogens is 1. The maximum atomic E-state index is 13.2. The minimum absolute atomic E-state index is 0. The van der Waals surface area contributed by atoms with Crippen LogP contribution in [-0.2, 0) is 4.79 Å². The first-order chi connectivity index (χ1) is 13.4. The third-order valence-electron chi connectivity index (χ3n) is 5.67. The summed E-state index contributed by atoms with van der Waals surface area (Å²) in [5, 5.41) is 6.52. The zero-order valence-corrected chi connectivity index (χ0v) is 18.4. The third-order valence-corrected chi connectivity index (χ3v) is 5.67. The van der Waals surface area contributed by atoms with Gasteiger partial charge in [-0.1, -0.05) is 13.8 Å². The summed E-state index contributed by atoms with van der Waals surface area (Å²) in [6.07, 6.45) is 3.26. The molecular weight excluding hydrogens is 394 g/mol. The molecule has 3 rings (SSSR count). The van der Waals surface area contributed by atoms with E-state index in [2.05, 4.69) is 10.6 Å². The van der Waals surface area contributed by atoms with Crippen LogP contribution in [0.15, 0.2) is 18.2 Å². The lowest BCUT2D eigenvalue weighted by Gasteiger charge is -2.31. The normalized spacial score (nSPS) is 21.8. The van der Waals surface area contributed by atoms with Gasteiger partial charge in [0.1, 0.15) is 17.5 Å². The molecule has 0 aliphatic carbocycles. The van der Waals surface area contributed by atoms with Crippen molar-refractivity contribution in [3.05, 3.63) is 23.8 Å². The molecule has 162 valence electrons. The van der Waals surface area contributed by atoms with Gasteiger partial charge in [-0.05, 0) is 37.3 Å². The maximum absolute atomic E-state index is 13.2. The molecule has 3 unspecified atom stereocenters. The van der Waals surface area contributed by atoms with E-state index >= 15 is 0 Å². The van der Waals surface area contributed by atoms with E-state index in [0.717, 1.165) is 19.4 Å². The second-order valence-electron chi connectivity index (χ2n) is 8.01. The Hall–Kier alpha value is -1.99. The van der Waals surface area contributed by atoms with Gasteiger partial charge in [-0.15, -0.1) is 12.4 Å². The van der Waals surface area contributed by atoms with E-state index in [0.29, 0.717) is 35.7 Å². The van der Waals surface area contributed by atoms with E-state index < -0.39 is 6.04 Å². The van der Waals surface area contributed by atoms with Crippen LogP contribution < -0.4 is 20.1 Å². The third kappa shape index (κ3) is 5.54. The number of nitrogens with zero attached hydrogens (tertiary/aromatic N) is 1. The number of hydrogen-bond donors (Lipinski definition) is 2. The predicted molar refractivity (Wildman–Crippen MR) is 114 cm³/mol. The number of rotatable bonds is 6. The SMILES string of the molecule is COc1cc(OC)cc(C(=O)NC(C(=O)N2CCC3CCC(C2)N3)C(C)C)c1.Cl. The lowest BCUT2D eigenvalue weighted by molar-refractivity contribution is -0.134. The summed E-state index contributed by atoms with van der Waals surface area (Å²) in [4.78, 5) is 28.0. The van der Waals surface area contributed by atoms with Crippen LogP contribution in [0.25, 0.3) is 0 Å². The zero-order chi connectivity index (χ0) is 20.3. The van der Waals surface area contributed by atoms with E-state index in [4.69, 9.17) is 9.47 Å². The summed E-state index contributed by atoms with van der Waals surface area (Å²) in [6.45, 7) is 5.36. The largest absolute Gasteiger partial charge is 0.497 e. The molecule has 2 saturated heterocycles. The smallest absolute Gasteiger partial charge is 0.252 e. The molecule has 3 atom stereocenters. The molecule has 1 aromatic rings. The van der Waals surface area contributed by atoms with Crippen LogP contribution in [0.2, 0.25) is 0 Å². The minimum Gasteiger partial charge on any atom is -0.497 e. The Kier molecular flexibility index (Phi) is 8.16. The van der Waals surface area contributed by atoms with Crippen molar-refractivity contribution in [2.75, 3.05) is 27.3 Å². The number of methoxy groups -OCH3 is 2. The number of nitrogens with one attached hydrogen (secondary N) is 2. The number of benzene rings is 1. The molecule has 7 nitrogen and oxygen atoms in total. The van der Waals surface area contributed by atoms with Crippen molar-refractivity contribution in [3.8, 4) is 11.5 Å². The molecule has 2 aliphatic heterocycles. The molecule has 0 spiro atoms. The van der Waals surface area contributed by atoms with Gasteiger partial charge < -0.3 is 25.0 Å². The topological polar surface area (TPSA) is 79.9 Å². The minimum atomic E-state index is -0.568. The lowest BCUT2D eigenvalue weighted by Crippen LogP contribution is -2.53. The van der Waals surface area contributed by atoms with Crippen LogP contribution in [0.1, 0.15) is 43.5 Å². The molecule has 2 aliphatic rings. The van der Waals surface area contributed by atoms with Gasteiger partial charge in [0, 0.05) is 36.8 Å². The summed E-state index contributed by atoms with van der Waals surface area (Å²) in [6, 6.07) is 5.31. The number of amides is 2. The highest BCUT2D eigenvalue weighted by Crippen LogP contribution is 2.24. The first-order valence-electron chi connectivity index (χ1n) is 10.00. The Morgan fingerprint density at radius 3 is 2.28 bits per heavy atom. The molecule has 2 heterocycles. The van der Waals surface area contributed by atoms with Gasteiger partial charge in [-0.2, -0.15) is 0 Å². The van der Waals surface area contributed by atoms with Crippen LogP contribution in [0.4, 0.5) is 0 Å². The van der Waals surface area contributed by atoms with E-state index in [1.54, 1.807) is 18.2 Å². The van der Waals surface area contributed by atoms with Gasteiger partial charge in [-0.3, -0.25) is 9.59 Å². The van der Waals surface area contributed by atoms with Crippen molar-refractivity contribution in [1.29, 1.82) is 0 Å². The summed E-state index contributed by atoms with van der Waals surface area (Å²) in [5.41, 5.74) is 0.409. The highest BCUT2D eigenvalue weighted by Gasteiger charge is 2.35. The molecule has 1 aromatic carbocycles. The van der Waals surface area contributed by atoms with Gasteiger partial charge in [0.25, 0.3) is 5.91 Å². The van der Waals surface area contributed by atoms with Crippen molar-refractivity contribution < 1.29 is 19.1 Å². The highest BCUT2D eigenvalue weighted by atomic mass is 35.5. The Bertz CT molecular complexity index is 706. The lowest BCUT2D eigenvalue weighted by atomic mass is 10.0. The number of carbonyl (C=O) groups is 2. The standard InChI is InChI=1S/C21H31N3O4.ClH/c1-13(2)19(21(26)24-8-7-15-5-6-16(12-24)22-15)23-20(25)14-9-17(27-3)11-18(10-14)28-4;/h9-11,13,15-16,19,22H,5-8,12H2,1-4H3,(H,23,25);1H. The molecule has 29 heavy (non-hydrogen) atoms. The van der Waals surface area contributed by atoms with Gasteiger partial charge in [0.2, 0.25) is 5.91 Å². The van der Waals surface area contributed by atoms with Crippen LogP contribution in [-0.4, -0.2) is 62.1 Å². The first kappa shape index (κ1) is 23.3. The summed E-state index contributed by atoms with van der Waals surface area (Å²) >= 11 is 0. The monoisotopic (exact) mass is 425 g/mol. The molecule has 2 bridgehead atoms. The van der Waals surface area contributed by atoms with Crippen LogP contribution >= 0.6 is 12.4 Å². The zero-order valence-electron chi connectivity index (χ0n) is 17.6.